The SMILES string of the molecule is CC[C@H](Cn1ncc2ccccc2c1=O)NC(=O)Cc1n[nH]c(=O)c2ccccc12. The van der Waals surface area contributed by atoms with Crippen LogP contribution in [-0.4, -0.2) is 31.9 Å². The number of H-pyrrole nitrogens is 1. The number of benzene rings is 2. The van der Waals surface area contributed by atoms with E-state index >= 15 is 0 Å². The van der Waals surface area contributed by atoms with E-state index in [2.05, 4.69) is 20.6 Å². The number of amides is 1. The summed E-state index contributed by atoms with van der Waals surface area (Å²) in [5, 5.41) is 16.2. The maximum atomic E-state index is 12.7. The fraction of sp³-hybridized carbons (Fsp3) is 0.227. The number of aromatic amines is 1. The Morgan fingerprint density at radius 1 is 1.07 bits per heavy atom. The summed E-state index contributed by atoms with van der Waals surface area (Å²) in [5.41, 5.74) is 0.0237. The average Bonchev–Trinajstić information content (AvgIpc) is 2.77. The molecular formula is C22H21N5O3. The van der Waals surface area contributed by atoms with Gasteiger partial charge in [0, 0.05) is 16.8 Å². The lowest BCUT2D eigenvalue weighted by Gasteiger charge is -2.18. The van der Waals surface area contributed by atoms with Crippen LogP contribution in [-0.2, 0) is 17.8 Å². The molecule has 1 amide bonds. The predicted octanol–water partition coefficient (Wildman–Crippen LogP) is 1.77. The molecule has 0 fully saturated rings. The minimum atomic E-state index is -0.289. The summed E-state index contributed by atoms with van der Waals surface area (Å²) in [5.74, 6) is -0.236. The monoisotopic (exact) mass is 403 g/mol. The molecule has 8 heteroatoms. The molecule has 2 aromatic heterocycles. The van der Waals surface area contributed by atoms with Gasteiger partial charge in [-0.2, -0.15) is 10.2 Å². The van der Waals surface area contributed by atoms with Crippen molar-refractivity contribution in [1.82, 2.24) is 25.3 Å². The first kappa shape index (κ1) is 19.5. The van der Waals surface area contributed by atoms with Crippen LogP contribution in [0.3, 0.4) is 0 Å². The van der Waals surface area contributed by atoms with Crippen molar-refractivity contribution in [2.45, 2.75) is 32.4 Å². The van der Waals surface area contributed by atoms with Gasteiger partial charge in [0.05, 0.1) is 35.6 Å². The molecular weight excluding hydrogens is 382 g/mol. The molecule has 0 aliphatic heterocycles. The summed E-state index contributed by atoms with van der Waals surface area (Å²) in [6.07, 6.45) is 2.31. The van der Waals surface area contributed by atoms with Gasteiger partial charge >= 0.3 is 0 Å². The molecule has 1 atom stereocenters. The first-order chi connectivity index (χ1) is 14.6. The summed E-state index contributed by atoms with van der Waals surface area (Å²) >= 11 is 0. The quantitative estimate of drug-likeness (QED) is 0.510. The van der Waals surface area contributed by atoms with E-state index in [9.17, 15) is 14.4 Å². The van der Waals surface area contributed by atoms with Crippen LogP contribution in [0.2, 0.25) is 0 Å². The number of carbonyl (C=O) groups is 1. The van der Waals surface area contributed by atoms with Crippen LogP contribution < -0.4 is 16.4 Å². The van der Waals surface area contributed by atoms with Gasteiger partial charge in [0.2, 0.25) is 5.91 Å². The number of carbonyl (C=O) groups excluding carboxylic acids is 1. The third-order valence-electron chi connectivity index (χ3n) is 5.12. The van der Waals surface area contributed by atoms with E-state index in [0.29, 0.717) is 28.3 Å². The fourth-order valence-corrected chi connectivity index (χ4v) is 3.48. The van der Waals surface area contributed by atoms with Gasteiger partial charge < -0.3 is 5.32 Å². The highest BCUT2D eigenvalue weighted by Gasteiger charge is 2.16. The van der Waals surface area contributed by atoms with Crippen LogP contribution in [0.4, 0.5) is 0 Å². The molecule has 2 N–H and O–H groups in total. The Kier molecular flexibility index (Phi) is 5.38. The van der Waals surface area contributed by atoms with Crippen molar-refractivity contribution in [3.8, 4) is 0 Å². The predicted molar refractivity (Wildman–Crippen MR) is 114 cm³/mol. The van der Waals surface area contributed by atoms with Gasteiger partial charge in [-0.3, -0.25) is 14.4 Å². The molecule has 4 rings (SSSR count). The van der Waals surface area contributed by atoms with Crippen molar-refractivity contribution in [2.24, 2.45) is 0 Å². The van der Waals surface area contributed by atoms with Crippen molar-refractivity contribution in [2.75, 3.05) is 0 Å². The van der Waals surface area contributed by atoms with Crippen LogP contribution in [0.25, 0.3) is 21.5 Å². The summed E-state index contributed by atoms with van der Waals surface area (Å²) in [4.78, 5) is 37.2. The fourth-order valence-electron chi connectivity index (χ4n) is 3.48. The molecule has 0 saturated carbocycles. The van der Waals surface area contributed by atoms with Gasteiger partial charge in [-0.05, 0) is 18.6 Å². The molecule has 0 radical (unpaired) electrons. The van der Waals surface area contributed by atoms with Gasteiger partial charge in [0.1, 0.15) is 0 Å². The van der Waals surface area contributed by atoms with E-state index in [1.54, 1.807) is 36.5 Å². The van der Waals surface area contributed by atoms with Crippen molar-refractivity contribution in [3.05, 3.63) is 81.1 Å². The number of hydrogen-bond acceptors (Lipinski definition) is 5. The van der Waals surface area contributed by atoms with E-state index in [1.807, 2.05) is 25.1 Å². The Hall–Kier alpha value is -3.81. The van der Waals surface area contributed by atoms with Crippen LogP contribution in [0, 0.1) is 0 Å². The standard InChI is InChI=1S/C22H21N5O3/c1-2-15(13-27-22(30)16-8-4-3-7-14(16)12-23-27)24-20(28)11-19-17-9-5-6-10-18(17)21(29)26-25-19/h3-10,12,15H,2,11,13H2,1H3,(H,24,28)(H,26,29)/t15-/m1/s1. The van der Waals surface area contributed by atoms with Crippen molar-refractivity contribution in [1.29, 1.82) is 0 Å². The maximum absolute atomic E-state index is 12.7. The molecule has 4 aromatic rings. The molecule has 30 heavy (non-hydrogen) atoms. The molecule has 8 nitrogen and oxygen atoms in total. The molecule has 2 heterocycles. The number of nitrogens with zero attached hydrogens (tertiary/aromatic N) is 3. The molecule has 0 aliphatic rings. The van der Waals surface area contributed by atoms with E-state index < -0.39 is 0 Å². The number of aromatic nitrogens is 4. The maximum Gasteiger partial charge on any atom is 0.274 e. The van der Waals surface area contributed by atoms with Crippen molar-refractivity contribution in [3.63, 3.8) is 0 Å². The second-order valence-electron chi connectivity index (χ2n) is 7.11. The van der Waals surface area contributed by atoms with Crippen LogP contribution >= 0.6 is 0 Å². The largest absolute Gasteiger partial charge is 0.351 e. The van der Waals surface area contributed by atoms with Crippen molar-refractivity contribution >= 4 is 27.5 Å². The molecule has 0 bridgehead atoms. The number of fused-ring (bicyclic) bond motifs is 2. The van der Waals surface area contributed by atoms with Crippen molar-refractivity contribution < 1.29 is 4.79 Å². The molecule has 0 aliphatic carbocycles. The lowest BCUT2D eigenvalue weighted by molar-refractivity contribution is -0.121. The zero-order chi connectivity index (χ0) is 21.1. The van der Waals surface area contributed by atoms with Crippen LogP contribution in [0.5, 0.6) is 0 Å². The highest BCUT2D eigenvalue weighted by molar-refractivity contribution is 5.88. The molecule has 0 saturated heterocycles. The summed E-state index contributed by atoms with van der Waals surface area (Å²) < 4.78 is 1.38. The van der Waals surface area contributed by atoms with E-state index in [-0.39, 0.29) is 36.0 Å². The highest BCUT2D eigenvalue weighted by atomic mass is 16.2. The second-order valence-corrected chi connectivity index (χ2v) is 7.11. The van der Waals surface area contributed by atoms with Crippen LogP contribution in [0.1, 0.15) is 19.0 Å². The Morgan fingerprint density at radius 3 is 2.53 bits per heavy atom. The van der Waals surface area contributed by atoms with Crippen LogP contribution in [0.15, 0.2) is 64.3 Å². The Labute approximate surface area is 171 Å². The first-order valence-corrected chi connectivity index (χ1v) is 9.77. The number of rotatable bonds is 6. The topological polar surface area (TPSA) is 110 Å². The summed E-state index contributed by atoms with van der Waals surface area (Å²) in [6.45, 7) is 2.20. The highest BCUT2D eigenvalue weighted by Crippen LogP contribution is 2.13. The smallest absolute Gasteiger partial charge is 0.274 e. The second kappa shape index (κ2) is 8.28. The molecule has 0 unspecified atom stereocenters. The van der Waals surface area contributed by atoms with E-state index in [4.69, 9.17) is 0 Å². The third kappa shape index (κ3) is 3.84. The van der Waals surface area contributed by atoms with Gasteiger partial charge in [0.25, 0.3) is 11.1 Å². The normalized spacial score (nSPS) is 12.2. The molecule has 152 valence electrons. The lowest BCUT2D eigenvalue weighted by atomic mass is 10.1. The Morgan fingerprint density at radius 2 is 1.77 bits per heavy atom. The zero-order valence-electron chi connectivity index (χ0n) is 16.5. The zero-order valence-corrected chi connectivity index (χ0v) is 16.5. The Balaban J connectivity index is 1.51. The minimum absolute atomic E-state index is 0.0217. The van der Waals surface area contributed by atoms with Gasteiger partial charge in [-0.1, -0.05) is 43.3 Å². The minimum Gasteiger partial charge on any atom is -0.351 e. The molecule has 0 spiro atoms. The number of hydrogen-bond donors (Lipinski definition) is 2. The summed E-state index contributed by atoms with van der Waals surface area (Å²) in [7, 11) is 0. The number of nitrogens with one attached hydrogen (secondary N) is 2. The third-order valence-corrected chi connectivity index (χ3v) is 5.12. The van der Waals surface area contributed by atoms with E-state index in [1.165, 1.54) is 4.68 Å². The summed E-state index contributed by atoms with van der Waals surface area (Å²) in [6, 6.07) is 14.1. The lowest BCUT2D eigenvalue weighted by Crippen LogP contribution is -2.41. The Bertz CT molecular complexity index is 1340. The van der Waals surface area contributed by atoms with Gasteiger partial charge in [-0.15, -0.1) is 0 Å². The average molecular weight is 403 g/mol. The molecule has 2 aromatic carbocycles. The van der Waals surface area contributed by atoms with Gasteiger partial charge in [0.15, 0.2) is 0 Å². The van der Waals surface area contributed by atoms with E-state index in [0.717, 1.165) is 5.39 Å². The first-order valence-electron chi connectivity index (χ1n) is 9.77. The van der Waals surface area contributed by atoms with Gasteiger partial charge in [-0.25, -0.2) is 9.78 Å².